The molecule has 0 saturated heterocycles. The molecular formula is C12H22O3. The molecular weight excluding hydrogens is 192 g/mol. The van der Waals surface area contributed by atoms with E-state index in [9.17, 15) is 4.79 Å². The van der Waals surface area contributed by atoms with Gasteiger partial charge in [-0.15, -0.1) is 0 Å². The van der Waals surface area contributed by atoms with Crippen molar-refractivity contribution in [2.75, 3.05) is 13.2 Å². The molecule has 1 atom stereocenters. The van der Waals surface area contributed by atoms with Gasteiger partial charge in [0.2, 0.25) is 0 Å². The Morgan fingerprint density at radius 2 is 2.07 bits per heavy atom. The van der Waals surface area contributed by atoms with E-state index in [4.69, 9.17) is 9.84 Å². The number of hydrogen-bond donors (Lipinski definition) is 1. The third-order valence-corrected chi connectivity index (χ3v) is 2.16. The summed E-state index contributed by atoms with van der Waals surface area (Å²) in [5, 5.41) is 8.94. The van der Waals surface area contributed by atoms with Crippen molar-refractivity contribution in [1.29, 1.82) is 0 Å². The van der Waals surface area contributed by atoms with Crippen molar-refractivity contribution in [2.45, 2.75) is 34.1 Å². The Kier molecular flexibility index (Phi) is 5.58. The molecule has 0 aromatic rings. The van der Waals surface area contributed by atoms with Crippen LogP contribution in [0.5, 0.6) is 0 Å². The van der Waals surface area contributed by atoms with Crippen LogP contribution in [-0.2, 0) is 9.53 Å². The van der Waals surface area contributed by atoms with Crippen molar-refractivity contribution in [3.05, 3.63) is 12.2 Å². The SMILES string of the molecule is C=C(C)C(=O)OCC(C)(C)CC(C)CO. The van der Waals surface area contributed by atoms with Gasteiger partial charge in [0.05, 0.1) is 6.61 Å². The monoisotopic (exact) mass is 214 g/mol. The van der Waals surface area contributed by atoms with Gasteiger partial charge in [-0.3, -0.25) is 0 Å². The first-order valence-electron chi connectivity index (χ1n) is 5.22. The lowest BCUT2D eigenvalue weighted by molar-refractivity contribution is -0.142. The van der Waals surface area contributed by atoms with Crippen molar-refractivity contribution in [1.82, 2.24) is 0 Å². The quantitative estimate of drug-likeness (QED) is 0.544. The summed E-state index contributed by atoms with van der Waals surface area (Å²) in [6.07, 6.45) is 0.826. The molecule has 0 bridgehead atoms. The van der Waals surface area contributed by atoms with Gasteiger partial charge in [0.15, 0.2) is 0 Å². The van der Waals surface area contributed by atoms with E-state index >= 15 is 0 Å². The maximum absolute atomic E-state index is 11.2. The molecule has 0 heterocycles. The maximum Gasteiger partial charge on any atom is 0.333 e. The maximum atomic E-state index is 11.2. The topological polar surface area (TPSA) is 46.5 Å². The number of hydrogen-bond acceptors (Lipinski definition) is 3. The molecule has 0 spiro atoms. The molecule has 1 N–H and O–H groups in total. The average molecular weight is 214 g/mol. The summed E-state index contributed by atoms with van der Waals surface area (Å²) >= 11 is 0. The van der Waals surface area contributed by atoms with Crippen LogP contribution < -0.4 is 0 Å². The summed E-state index contributed by atoms with van der Waals surface area (Å²) in [5.74, 6) is -0.122. The predicted octanol–water partition coefficient (Wildman–Crippen LogP) is 2.15. The molecule has 0 aliphatic heterocycles. The normalized spacial score (nSPS) is 13.4. The molecule has 3 heteroatoms. The molecule has 0 amide bonds. The minimum atomic E-state index is -0.347. The number of esters is 1. The van der Waals surface area contributed by atoms with E-state index in [2.05, 4.69) is 6.58 Å². The van der Waals surface area contributed by atoms with Crippen molar-refractivity contribution >= 4 is 5.97 Å². The Hall–Kier alpha value is -0.830. The number of ether oxygens (including phenoxy) is 1. The first kappa shape index (κ1) is 14.2. The van der Waals surface area contributed by atoms with Crippen molar-refractivity contribution < 1.29 is 14.6 Å². The zero-order chi connectivity index (χ0) is 12.1. The summed E-state index contributed by atoms with van der Waals surface area (Å²) in [7, 11) is 0. The van der Waals surface area contributed by atoms with Gasteiger partial charge >= 0.3 is 5.97 Å². The number of carbonyl (C=O) groups excluding carboxylic acids is 1. The van der Waals surface area contributed by atoms with Gasteiger partial charge in [0.1, 0.15) is 0 Å². The summed E-state index contributed by atoms with van der Waals surface area (Å²) < 4.78 is 5.09. The lowest BCUT2D eigenvalue weighted by Crippen LogP contribution is -2.25. The molecule has 0 aromatic heterocycles. The van der Waals surface area contributed by atoms with Gasteiger partial charge in [-0.05, 0) is 24.7 Å². The van der Waals surface area contributed by atoms with Gasteiger partial charge in [-0.1, -0.05) is 27.4 Å². The Morgan fingerprint density at radius 1 is 1.53 bits per heavy atom. The molecule has 0 aliphatic carbocycles. The second kappa shape index (κ2) is 5.91. The first-order chi connectivity index (χ1) is 6.78. The van der Waals surface area contributed by atoms with E-state index in [0.717, 1.165) is 6.42 Å². The van der Waals surface area contributed by atoms with Crippen LogP contribution in [0.4, 0.5) is 0 Å². The average Bonchev–Trinajstić information content (AvgIpc) is 2.13. The van der Waals surface area contributed by atoms with Crippen molar-refractivity contribution in [3.8, 4) is 0 Å². The summed E-state index contributed by atoms with van der Waals surface area (Å²) in [5.41, 5.74) is 0.314. The van der Waals surface area contributed by atoms with Crippen LogP contribution in [0.3, 0.4) is 0 Å². The molecule has 0 rings (SSSR count). The highest BCUT2D eigenvalue weighted by molar-refractivity contribution is 5.86. The van der Waals surface area contributed by atoms with Crippen molar-refractivity contribution in [3.63, 3.8) is 0 Å². The molecule has 88 valence electrons. The molecule has 0 aromatic carbocycles. The molecule has 3 nitrogen and oxygen atoms in total. The van der Waals surface area contributed by atoms with Gasteiger partial charge in [0.25, 0.3) is 0 Å². The Morgan fingerprint density at radius 3 is 2.47 bits per heavy atom. The van der Waals surface area contributed by atoms with Crippen molar-refractivity contribution in [2.24, 2.45) is 11.3 Å². The smallest absolute Gasteiger partial charge is 0.333 e. The lowest BCUT2D eigenvalue weighted by atomic mass is 9.84. The highest BCUT2D eigenvalue weighted by Crippen LogP contribution is 2.25. The summed E-state index contributed by atoms with van der Waals surface area (Å²) in [6, 6.07) is 0. The van der Waals surface area contributed by atoms with Crippen LogP contribution in [0, 0.1) is 11.3 Å². The predicted molar refractivity (Wildman–Crippen MR) is 60.4 cm³/mol. The highest BCUT2D eigenvalue weighted by atomic mass is 16.5. The minimum Gasteiger partial charge on any atom is -0.462 e. The fourth-order valence-corrected chi connectivity index (χ4v) is 1.45. The Balaban J connectivity index is 4.03. The van der Waals surface area contributed by atoms with Gasteiger partial charge < -0.3 is 9.84 Å². The number of aliphatic hydroxyl groups is 1. The van der Waals surface area contributed by atoms with Gasteiger partial charge in [-0.2, -0.15) is 0 Å². The third-order valence-electron chi connectivity index (χ3n) is 2.16. The molecule has 0 fully saturated rings. The fourth-order valence-electron chi connectivity index (χ4n) is 1.45. The minimum absolute atomic E-state index is 0.104. The zero-order valence-corrected chi connectivity index (χ0v) is 10.2. The highest BCUT2D eigenvalue weighted by Gasteiger charge is 2.23. The van der Waals surface area contributed by atoms with Crippen LogP contribution >= 0.6 is 0 Å². The lowest BCUT2D eigenvalue weighted by Gasteiger charge is -2.26. The van der Waals surface area contributed by atoms with E-state index in [1.165, 1.54) is 0 Å². The van der Waals surface area contributed by atoms with Crippen LogP contribution in [0.1, 0.15) is 34.1 Å². The fraction of sp³-hybridized carbons (Fsp3) is 0.750. The number of carbonyl (C=O) groups is 1. The second-order valence-electron chi connectivity index (χ2n) is 5.01. The summed E-state index contributed by atoms with van der Waals surface area (Å²) in [6.45, 7) is 11.7. The van der Waals surface area contributed by atoms with Crippen LogP contribution in [0.15, 0.2) is 12.2 Å². The Labute approximate surface area is 92.1 Å². The van der Waals surface area contributed by atoms with Crippen LogP contribution in [0.2, 0.25) is 0 Å². The van der Waals surface area contributed by atoms with E-state index < -0.39 is 0 Å². The first-order valence-corrected chi connectivity index (χ1v) is 5.22. The van der Waals surface area contributed by atoms with E-state index in [0.29, 0.717) is 12.2 Å². The van der Waals surface area contributed by atoms with Gasteiger partial charge in [0, 0.05) is 12.2 Å². The third kappa shape index (κ3) is 6.28. The molecule has 0 saturated carbocycles. The number of aliphatic hydroxyl groups excluding tert-OH is 1. The molecule has 0 radical (unpaired) electrons. The largest absolute Gasteiger partial charge is 0.462 e. The van der Waals surface area contributed by atoms with Gasteiger partial charge in [-0.25, -0.2) is 4.79 Å². The van der Waals surface area contributed by atoms with E-state index in [-0.39, 0.29) is 23.9 Å². The molecule has 15 heavy (non-hydrogen) atoms. The standard InChI is InChI=1S/C12H22O3/c1-9(2)11(14)15-8-12(4,5)6-10(3)7-13/h10,13H,1,6-8H2,2-5H3. The second-order valence-corrected chi connectivity index (χ2v) is 5.01. The van der Waals surface area contributed by atoms with E-state index in [1.807, 2.05) is 20.8 Å². The summed E-state index contributed by atoms with van der Waals surface area (Å²) in [4.78, 5) is 11.2. The van der Waals surface area contributed by atoms with E-state index in [1.54, 1.807) is 6.92 Å². The molecule has 1 unspecified atom stereocenters. The molecule has 0 aliphatic rings. The van der Waals surface area contributed by atoms with Crippen LogP contribution in [0.25, 0.3) is 0 Å². The zero-order valence-electron chi connectivity index (χ0n) is 10.2. The number of rotatable bonds is 6. The Bertz CT molecular complexity index is 231. The van der Waals surface area contributed by atoms with Crippen LogP contribution in [-0.4, -0.2) is 24.3 Å².